The molecule has 0 aliphatic rings. The van der Waals surface area contributed by atoms with Crippen LogP contribution in [0.4, 0.5) is 5.69 Å². The molecule has 0 heterocycles. The first-order valence-corrected chi connectivity index (χ1v) is 10.4. The van der Waals surface area contributed by atoms with Crippen LogP contribution in [0.1, 0.15) is 18.9 Å². The van der Waals surface area contributed by atoms with Gasteiger partial charge in [-0.2, -0.15) is 0 Å². The number of ether oxygens (including phenoxy) is 2. The fourth-order valence-electron chi connectivity index (χ4n) is 2.59. The van der Waals surface area contributed by atoms with Crippen molar-refractivity contribution in [1.82, 2.24) is 4.90 Å². The van der Waals surface area contributed by atoms with Gasteiger partial charge in [-0.15, -0.1) is 0 Å². The van der Waals surface area contributed by atoms with Crippen molar-refractivity contribution in [3.05, 3.63) is 58.6 Å². The van der Waals surface area contributed by atoms with Crippen LogP contribution in [0, 0.1) is 6.92 Å². The Morgan fingerprint density at radius 2 is 1.73 bits per heavy atom. The fourth-order valence-corrected chi connectivity index (χ4v) is 2.85. The minimum Gasteiger partial charge on any atom is -0.482 e. The zero-order valence-corrected chi connectivity index (χ0v) is 18.6. The first-order chi connectivity index (χ1) is 14.4. The Balaban J connectivity index is 1.80. The Kier molecular flexibility index (Phi) is 9.34. The summed E-state index contributed by atoms with van der Waals surface area (Å²) in [6.07, 6.45) is 0.671. The molecule has 0 aliphatic heterocycles. The average molecular weight is 477 g/mol. The number of aryl methyl sites for hydroxylation is 1. The molecule has 0 radical (unpaired) electrons. The van der Waals surface area contributed by atoms with Crippen LogP contribution in [0.5, 0.6) is 5.75 Å². The number of carbonyl (C=O) groups excluding carboxylic acids is 3. The number of esters is 1. The Hall–Kier alpha value is -2.87. The molecule has 160 valence electrons. The number of amides is 2. The molecular weight excluding hydrogens is 452 g/mol. The van der Waals surface area contributed by atoms with Crippen molar-refractivity contribution in [2.75, 3.05) is 31.6 Å². The number of benzene rings is 2. The van der Waals surface area contributed by atoms with Crippen LogP contribution in [-0.4, -0.2) is 49.0 Å². The van der Waals surface area contributed by atoms with Crippen LogP contribution in [-0.2, 0) is 19.1 Å². The van der Waals surface area contributed by atoms with Crippen LogP contribution in [0.2, 0.25) is 0 Å². The van der Waals surface area contributed by atoms with Gasteiger partial charge < -0.3 is 19.7 Å². The standard InChI is InChI=1S/C22H25BrN2O5/c1-3-12-25(13-20(26)24-19-7-5-4-6-16(19)2)21(27)14-30-22(28)15-29-18-10-8-17(23)9-11-18/h4-11H,3,12-15H2,1-2H3,(H,24,26). The van der Waals surface area contributed by atoms with Gasteiger partial charge in [-0.25, -0.2) is 4.79 Å². The second-order valence-electron chi connectivity index (χ2n) is 6.58. The highest BCUT2D eigenvalue weighted by Gasteiger charge is 2.19. The van der Waals surface area contributed by atoms with Crippen molar-refractivity contribution in [2.45, 2.75) is 20.3 Å². The van der Waals surface area contributed by atoms with E-state index in [2.05, 4.69) is 21.2 Å². The van der Waals surface area contributed by atoms with Crippen molar-refractivity contribution in [3.63, 3.8) is 0 Å². The number of halogens is 1. The van der Waals surface area contributed by atoms with E-state index in [1.165, 1.54) is 4.90 Å². The minimum absolute atomic E-state index is 0.117. The van der Waals surface area contributed by atoms with Gasteiger partial charge in [0, 0.05) is 16.7 Å². The number of hydrogen-bond acceptors (Lipinski definition) is 5. The Morgan fingerprint density at radius 3 is 2.40 bits per heavy atom. The number of nitrogens with zero attached hydrogens (tertiary/aromatic N) is 1. The molecular formula is C22H25BrN2O5. The zero-order valence-electron chi connectivity index (χ0n) is 17.0. The van der Waals surface area contributed by atoms with Gasteiger partial charge in [0.15, 0.2) is 13.2 Å². The molecule has 0 unspecified atom stereocenters. The highest BCUT2D eigenvalue weighted by Crippen LogP contribution is 2.16. The number of para-hydroxylation sites is 1. The summed E-state index contributed by atoms with van der Waals surface area (Å²) in [5.41, 5.74) is 1.63. The maximum atomic E-state index is 12.4. The van der Waals surface area contributed by atoms with Gasteiger partial charge in [0.2, 0.25) is 5.91 Å². The van der Waals surface area contributed by atoms with Crippen molar-refractivity contribution in [3.8, 4) is 5.75 Å². The molecule has 2 aromatic rings. The molecule has 8 heteroatoms. The first kappa shape index (κ1) is 23.4. The lowest BCUT2D eigenvalue weighted by atomic mass is 10.2. The third-order valence-corrected chi connectivity index (χ3v) is 4.66. The van der Waals surface area contributed by atoms with E-state index in [1.807, 2.05) is 32.0 Å². The Bertz CT molecular complexity index is 870. The van der Waals surface area contributed by atoms with E-state index < -0.39 is 18.5 Å². The molecule has 0 atom stereocenters. The molecule has 30 heavy (non-hydrogen) atoms. The second kappa shape index (κ2) is 12.0. The third-order valence-electron chi connectivity index (χ3n) is 4.13. The van der Waals surface area contributed by atoms with E-state index in [1.54, 1.807) is 30.3 Å². The van der Waals surface area contributed by atoms with Gasteiger partial charge >= 0.3 is 5.97 Å². The number of rotatable bonds is 10. The van der Waals surface area contributed by atoms with Crippen molar-refractivity contribution >= 4 is 39.4 Å². The molecule has 0 spiro atoms. The van der Waals surface area contributed by atoms with Gasteiger partial charge in [-0.3, -0.25) is 9.59 Å². The zero-order chi connectivity index (χ0) is 21.9. The number of nitrogens with one attached hydrogen (secondary N) is 1. The van der Waals surface area contributed by atoms with E-state index in [0.29, 0.717) is 24.4 Å². The maximum absolute atomic E-state index is 12.4. The lowest BCUT2D eigenvalue weighted by Crippen LogP contribution is -2.41. The predicted molar refractivity (Wildman–Crippen MR) is 117 cm³/mol. The summed E-state index contributed by atoms with van der Waals surface area (Å²) in [6, 6.07) is 14.4. The summed E-state index contributed by atoms with van der Waals surface area (Å²) < 4.78 is 11.2. The molecule has 7 nitrogen and oxygen atoms in total. The van der Waals surface area contributed by atoms with E-state index in [-0.39, 0.29) is 19.1 Å². The van der Waals surface area contributed by atoms with Gasteiger partial charge in [0.1, 0.15) is 5.75 Å². The summed E-state index contributed by atoms with van der Waals surface area (Å²) in [5, 5.41) is 2.80. The van der Waals surface area contributed by atoms with E-state index >= 15 is 0 Å². The average Bonchev–Trinajstić information content (AvgIpc) is 2.73. The SMILES string of the molecule is CCCN(CC(=O)Nc1ccccc1C)C(=O)COC(=O)COc1ccc(Br)cc1. The monoisotopic (exact) mass is 476 g/mol. The summed E-state index contributed by atoms with van der Waals surface area (Å²) in [7, 11) is 0. The van der Waals surface area contributed by atoms with E-state index in [9.17, 15) is 14.4 Å². The molecule has 1 N–H and O–H groups in total. The molecule has 0 aliphatic carbocycles. The first-order valence-electron chi connectivity index (χ1n) is 9.56. The van der Waals surface area contributed by atoms with Crippen molar-refractivity contribution in [2.24, 2.45) is 0 Å². The van der Waals surface area contributed by atoms with Gasteiger partial charge in [-0.1, -0.05) is 41.1 Å². The fraction of sp³-hybridized carbons (Fsp3) is 0.318. The van der Waals surface area contributed by atoms with Crippen LogP contribution in [0.3, 0.4) is 0 Å². The summed E-state index contributed by atoms with van der Waals surface area (Å²) in [4.78, 5) is 38.0. The summed E-state index contributed by atoms with van der Waals surface area (Å²) in [6.45, 7) is 3.30. The van der Waals surface area contributed by atoms with Crippen LogP contribution < -0.4 is 10.1 Å². The number of carbonyl (C=O) groups is 3. The minimum atomic E-state index is -0.660. The smallest absolute Gasteiger partial charge is 0.344 e. The largest absolute Gasteiger partial charge is 0.482 e. The normalized spacial score (nSPS) is 10.2. The molecule has 2 amide bonds. The van der Waals surface area contributed by atoms with Gasteiger partial charge in [0.05, 0.1) is 6.54 Å². The number of anilines is 1. The highest BCUT2D eigenvalue weighted by atomic mass is 79.9. The third kappa shape index (κ3) is 7.87. The van der Waals surface area contributed by atoms with Crippen LogP contribution in [0.15, 0.2) is 53.0 Å². The van der Waals surface area contributed by atoms with E-state index in [4.69, 9.17) is 9.47 Å². The molecule has 0 bridgehead atoms. The van der Waals surface area contributed by atoms with Gasteiger partial charge in [0.25, 0.3) is 5.91 Å². The molecule has 0 fully saturated rings. The van der Waals surface area contributed by atoms with Crippen LogP contribution >= 0.6 is 15.9 Å². The summed E-state index contributed by atoms with van der Waals surface area (Å²) >= 11 is 3.31. The van der Waals surface area contributed by atoms with Gasteiger partial charge in [-0.05, 0) is 49.2 Å². The van der Waals surface area contributed by atoms with Crippen LogP contribution in [0.25, 0.3) is 0 Å². The second-order valence-corrected chi connectivity index (χ2v) is 7.50. The van der Waals surface area contributed by atoms with E-state index in [0.717, 1.165) is 10.0 Å². The molecule has 2 rings (SSSR count). The Labute approximate surface area is 184 Å². The van der Waals surface area contributed by atoms with Crippen molar-refractivity contribution in [1.29, 1.82) is 0 Å². The topological polar surface area (TPSA) is 84.9 Å². The highest BCUT2D eigenvalue weighted by molar-refractivity contribution is 9.10. The molecule has 0 saturated carbocycles. The maximum Gasteiger partial charge on any atom is 0.344 e. The molecule has 2 aromatic carbocycles. The Morgan fingerprint density at radius 1 is 1.03 bits per heavy atom. The van der Waals surface area contributed by atoms with Crippen molar-refractivity contribution < 1.29 is 23.9 Å². The molecule has 0 aromatic heterocycles. The predicted octanol–water partition coefficient (Wildman–Crippen LogP) is 3.56. The lowest BCUT2D eigenvalue weighted by molar-refractivity contribution is -0.154. The lowest BCUT2D eigenvalue weighted by Gasteiger charge is -2.21. The number of hydrogen-bond donors (Lipinski definition) is 1. The summed E-state index contributed by atoms with van der Waals surface area (Å²) in [5.74, 6) is -0.890. The quantitative estimate of drug-likeness (QED) is 0.529. The molecule has 0 saturated heterocycles.